The normalized spacial score (nSPS) is 13.5. The summed E-state index contributed by atoms with van der Waals surface area (Å²) >= 11 is 0. The van der Waals surface area contributed by atoms with Crippen molar-refractivity contribution in [2.24, 2.45) is 9.98 Å². The summed E-state index contributed by atoms with van der Waals surface area (Å²) in [6, 6.07) is 1.37. The van der Waals surface area contributed by atoms with Crippen molar-refractivity contribution in [3.63, 3.8) is 0 Å². The van der Waals surface area contributed by atoms with Gasteiger partial charge in [-0.25, -0.2) is 4.79 Å². The number of aryl methyl sites for hydroxylation is 1. The van der Waals surface area contributed by atoms with Gasteiger partial charge in [-0.15, -0.1) is 0 Å². The minimum atomic E-state index is -0.438. The number of urea groups is 1. The molecule has 13 heavy (non-hydrogen) atoms. The van der Waals surface area contributed by atoms with Crippen LogP contribution in [0.1, 0.15) is 11.1 Å². The zero-order chi connectivity index (χ0) is 9.59. The highest BCUT2D eigenvalue weighted by Crippen LogP contribution is 2.05. The van der Waals surface area contributed by atoms with Gasteiger partial charge in [0, 0.05) is 11.3 Å². The van der Waals surface area contributed by atoms with E-state index in [1.807, 2.05) is 19.9 Å². The van der Waals surface area contributed by atoms with Gasteiger partial charge in [0.15, 0.2) is 0 Å². The molecule has 1 heterocycles. The van der Waals surface area contributed by atoms with Crippen molar-refractivity contribution < 1.29 is 4.79 Å². The van der Waals surface area contributed by atoms with Gasteiger partial charge in [-0.3, -0.25) is 0 Å². The van der Waals surface area contributed by atoms with E-state index >= 15 is 0 Å². The number of rotatable bonds is 0. The Morgan fingerprint density at radius 1 is 1.23 bits per heavy atom. The molecule has 0 aliphatic carbocycles. The number of fused-ring (bicyclic) bond motifs is 1. The topological polar surface area (TPSA) is 67.8 Å². The van der Waals surface area contributed by atoms with Crippen molar-refractivity contribution in [1.29, 1.82) is 0 Å². The summed E-state index contributed by atoms with van der Waals surface area (Å²) in [5, 5.41) is 1.29. The molecule has 1 aliphatic heterocycles. The van der Waals surface area contributed by atoms with E-state index in [4.69, 9.17) is 5.73 Å². The highest BCUT2D eigenvalue weighted by Gasteiger charge is 2.10. The van der Waals surface area contributed by atoms with Crippen LogP contribution in [0.3, 0.4) is 0 Å². The second-order valence-electron chi connectivity index (χ2n) is 3.11. The predicted octanol–water partition coefficient (Wildman–Crippen LogP) is 0.258. The number of hydrogen-bond acceptors (Lipinski definition) is 2. The Labute approximate surface area is 74.8 Å². The third-order valence-electron chi connectivity index (χ3n) is 2.17. The zero-order valence-corrected chi connectivity index (χ0v) is 7.46. The summed E-state index contributed by atoms with van der Waals surface area (Å²) in [5.74, 6) is 0. The van der Waals surface area contributed by atoms with Crippen LogP contribution in [0.2, 0.25) is 0 Å². The third kappa shape index (κ3) is 1.02. The minimum Gasteiger partial charge on any atom is -0.398 e. The Bertz CT molecular complexity index is 517. The molecule has 2 N–H and O–H groups in total. The summed E-state index contributed by atoms with van der Waals surface area (Å²) in [4.78, 5) is 18.5. The summed E-state index contributed by atoms with van der Waals surface area (Å²) < 4.78 is 0. The van der Waals surface area contributed by atoms with E-state index in [9.17, 15) is 4.79 Å². The minimum absolute atomic E-state index is 0.438. The number of benzene rings is 1. The molecule has 4 nitrogen and oxygen atoms in total. The van der Waals surface area contributed by atoms with Crippen LogP contribution in [0.15, 0.2) is 16.1 Å². The lowest BCUT2D eigenvalue weighted by Gasteiger charge is -1.99. The summed E-state index contributed by atoms with van der Waals surface area (Å²) in [7, 11) is 0. The first-order valence-corrected chi connectivity index (χ1v) is 3.96. The Hall–Kier alpha value is -1.71. The second kappa shape index (κ2) is 2.39. The van der Waals surface area contributed by atoms with Gasteiger partial charge in [-0.1, -0.05) is 0 Å². The van der Waals surface area contributed by atoms with Crippen molar-refractivity contribution in [3.05, 3.63) is 27.9 Å². The average molecular weight is 175 g/mol. The Balaban J connectivity index is 3.02. The van der Waals surface area contributed by atoms with E-state index in [1.54, 1.807) is 0 Å². The highest BCUT2D eigenvalue weighted by atomic mass is 16.2. The lowest BCUT2D eigenvalue weighted by Crippen LogP contribution is -2.28. The Kier molecular flexibility index (Phi) is 1.45. The molecule has 1 aromatic carbocycles. The number of carbonyl (C=O) groups is 1. The van der Waals surface area contributed by atoms with E-state index in [0.717, 1.165) is 11.1 Å². The van der Waals surface area contributed by atoms with Gasteiger partial charge >= 0.3 is 6.03 Å². The van der Waals surface area contributed by atoms with Crippen molar-refractivity contribution in [1.82, 2.24) is 0 Å². The van der Waals surface area contributed by atoms with Gasteiger partial charge in [0.1, 0.15) is 0 Å². The maximum absolute atomic E-state index is 10.9. The van der Waals surface area contributed by atoms with E-state index in [1.165, 1.54) is 0 Å². The van der Waals surface area contributed by atoms with Crippen LogP contribution >= 0.6 is 0 Å². The van der Waals surface area contributed by atoms with Gasteiger partial charge in [0.25, 0.3) is 0 Å². The first-order chi connectivity index (χ1) is 6.09. The molecule has 1 aliphatic rings. The quantitative estimate of drug-likeness (QED) is 0.574. The molecule has 2 amide bonds. The lowest BCUT2D eigenvalue weighted by atomic mass is 10.1. The number of nitrogens with two attached hydrogens (primary N) is 1. The van der Waals surface area contributed by atoms with Crippen LogP contribution < -0.4 is 16.4 Å². The summed E-state index contributed by atoms with van der Waals surface area (Å²) in [5.41, 5.74) is 8.11. The lowest BCUT2D eigenvalue weighted by molar-refractivity contribution is 0.256. The molecule has 0 radical (unpaired) electrons. The molecule has 0 saturated carbocycles. The molecular weight excluding hydrogens is 166 g/mol. The van der Waals surface area contributed by atoms with E-state index in [0.29, 0.717) is 16.4 Å². The number of nitrogen functional groups attached to an aromatic ring is 1. The van der Waals surface area contributed by atoms with Crippen LogP contribution in [0, 0.1) is 13.8 Å². The molecule has 0 saturated heterocycles. The fraction of sp³-hybridized carbons (Fsp3) is 0.222. The molecule has 0 unspecified atom stereocenters. The van der Waals surface area contributed by atoms with Crippen LogP contribution in [0.5, 0.6) is 0 Å². The average Bonchev–Trinajstić information content (AvgIpc) is 2.44. The molecule has 0 fully saturated rings. The van der Waals surface area contributed by atoms with Gasteiger partial charge in [-0.2, -0.15) is 9.98 Å². The number of nitrogens with zero attached hydrogens (tertiary/aromatic N) is 2. The second-order valence-corrected chi connectivity index (χ2v) is 3.11. The number of anilines is 1. The SMILES string of the molecule is Cc1cc(N)c(C)c2c1=NC(=O)N=2. The van der Waals surface area contributed by atoms with Crippen molar-refractivity contribution in [2.45, 2.75) is 13.8 Å². The van der Waals surface area contributed by atoms with Crippen molar-refractivity contribution in [3.8, 4) is 0 Å². The standard InChI is InChI=1S/C9H9N3O/c1-4-3-6(10)5(2)8-7(4)11-9(13)12-8/h3H,10H2,1-2H3. The maximum Gasteiger partial charge on any atom is 0.368 e. The molecule has 2 rings (SSSR count). The fourth-order valence-electron chi connectivity index (χ4n) is 1.41. The van der Waals surface area contributed by atoms with Crippen molar-refractivity contribution in [2.75, 3.05) is 5.73 Å². The molecule has 1 aromatic rings. The summed E-state index contributed by atoms with van der Waals surface area (Å²) in [6.45, 7) is 3.71. The fourth-order valence-corrected chi connectivity index (χ4v) is 1.41. The number of hydrogen-bond donors (Lipinski definition) is 1. The third-order valence-corrected chi connectivity index (χ3v) is 2.17. The molecule has 4 heteroatoms. The molecular formula is C9H9N3O. The van der Waals surface area contributed by atoms with Crippen LogP contribution in [0.4, 0.5) is 10.5 Å². The first kappa shape index (κ1) is 7.91. The highest BCUT2D eigenvalue weighted by molar-refractivity contribution is 5.78. The maximum atomic E-state index is 10.9. The molecule has 0 spiro atoms. The number of carbonyl (C=O) groups excluding carboxylic acids is 1. The number of amides is 2. The monoisotopic (exact) mass is 175 g/mol. The van der Waals surface area contributed by atoms with Gasteiger partial charge in [-0.05, 0) is 25.5 Å². The van der Waals surface area contributed by atoms with E-state index in [-0.39, 0.29) is 0 Å². The van der Waals surface area contributed by atoms with Gasteiger partial charge in [0.2, 0.25) is 0 Å². The Morgan fingerprint density at radius 2 is 1.85 bits per heavy atom. The Morgan fingerprint density at radius 3 is 2.54 bits per heavy atom. The van der Waals surface area contributed by atoms with Crippen LogP contribution in [-0.2, 0) is 0 Å². The smallest absolute Gasteiger partial charge is 0.368 e. The predicted molar refractivity (Wildman–Crippen MR) is 48.0 cm³/mol. The molecule has 66 valence electrons. The van der Waals surface area contributed by atoms with Crippen LogP contribution in [-0.4, -0.2) is 6.03 Å². The van der Waals surface area contributed by atoms with E-state index < -0.39 is 6.03 Å². The van der Waals surface area contributed by atoms with E-state index in [2.05, 4.69) is 9.98 Å². The van der Waals surface area contributed by atoms with Crippen LogP contribution in [0.25, 0.3) is 0 Å². The van der Waals surface area contributed by atoms with Gasteiger partial charge in [0.05, 0.1) is 10.7 Å². The first-order valence-electron chi connectivity index (χ1n) is 3.96. The van der Waals surface area contributed by atoms with Crippen molar-refractivity contribution >= 4 is 11.7 Å². The molecule has 0 bridgehead atoms. The largest absolute Gasteiger partial charge is 0.398 e. The molecule has 0 atom stereocenters. The molecule has 0 aromatic heterocycles. The summed E-state index contributed by atoms with van der Waals surface area (Å²) in [6.07, 6.45) is 0. The zero-order valence-electron chi connectivity index (χ0n) is 7.46. The van der Waals surface area contributed by atoms with Gasteiger partial charge < -0.3 is 5.73 Å².